The summed E-state index contributed by atoms with van der Waals surface area (Å²) in [5, 5.41) is 8.54. The Morgan fingerprint density at radius 3 is 2.64 bits per heavy atom. The Labute approximate surface area is 87.1 Å². The molecule has 1 aliphatic carbocycles. The first-order chi connectivity index (χ1) is 6.86. The second kappa shape index (κ2) is 7.21. The van der Waals surface area contributed by atoms with Crippen LogP contribution in [-0.4, -0.2) is 49.5 Å². The van der Waals surface area contributed by atoms with Gasteiger partial charge in [0.15, 0.2) is 0 Å². The Morgan fingerprint density at radius 2 is 2.14 bits per heavy atom. The van der Waals surface area contributed by atoms with Crippen molar-refractivity contribution in [2.24, 2.45) is 5.92 Å². The first-order valence-corrected chi connectivity index (χ1v) is 5.77. The molecule has 0 aromatic carbocycles. The van der Waals surface area contributed by atoms with Crippen molar-refractivity contribution in [3.63, 3.8) is 0 Å². The van der Waals surface area contributed by atoms with Gasteiger partial charge in [0.25, 0.3) is 0 Å². The molecule has 0 aromatic heterocycles. The molecule has 0 unspecified atom stereocenters. The Hall–Kier alpha value is -0.120. The van der Waals surface area contributed by atoms with E-state index in [-0.39, 0.29) is 6.61 Å². The van der Waals surface area contributed by atoms with Gasteiger partial charge in [-0.1, -0.05) is 13.3 Å². The molecule has 1 saturated carbocycles. The van der Waals surface area contributed by atoms with Crippen LogP contribution in [0, 0.1) is 5.92 Å². The molecule has 3 nitrogen and oxygen atoms in total. The smallest absolute Gasteiger partial charge is 0.0698 e. The second-order valence-electron chi connectivity index (χ2n) is 4.03. The highest BCUT2D eigenvalue weighted by molar-refractivity contribution is 4.73. The summed E-state index contributed by atoms with van der Waals surface area (Å²) in [6.07, 6.45) is 4.24. The van der Waals surface area contributed by atoms with Crippen LogP contribution in [0.3, 0.4) is 0 Å². The molecule has 1 aliphatic rings. The predicted molar refractivity (Wildman–Crippen MR) is 57.4 cm³/mol. The molecule has 84 valence electrons. The van der Waals surface area contributed by atoms with Gasteiger partial charge in [0.2, 0.25) is 0 Å². The summed E-state index contributed by atoms with van der Waals surface area (Å²) in [7, 11) is 0. The SMILES string of the molecule is CCN(CCOCCO)CC1CCC1. The Kier molecular flexibility index (Phi) is 6.15. The second-order valence-corrected chi connectivity index (χ2v) is 4.03. The summed E-state index contributed by atoms with van der Waals surface area (Å²) >= 11 is 0. The van der Waals surface area contributed by atoms with E-state index in [2.05, 4.69) is 11.8 Å². The first kappa shape index (κ1) is 12.0. The number of aliphatic hydroxyl groups is 1. The van der Waals surface area contributed by atoms with E-state index >= 15 is 0 Å². The molecule has 1 fully saturated rings. The highest BCUT2D eigenvalue weighted by Gasteiger charge is 2.19. The summed E-state index contributed by atoms with van der Waals surface area (Å²) in [6, 6.07) is 0. The molecule has 0 aliphatic heterocycles. The third-order valence-corrected chi connectivity index (χ3v) is 2.98. The zero-order chi connectivity index (χ0) is 10.2. The van der Waals surface area contributed by atoms with Crippen molar-refractivity contribution in [3.05, 3.63) is 0 Å². The lowest BCUT2D eigenvalue weighted by Crippen LogP contribution is -2.34. The molecule has 3 heteroatoms. The quantitative estimate of drug-likeness (QED) is 0.597. The zero-order valence-corrected chi connectivity index (χ0v) is 9.24. The topological polar surface area (TPSA) is 32.7 Å². The molecule has 1 rings (SSSR count). The molecule has 1 N–H and O–H groups in total. The zero-order valence-electron chi connectivity index (χ0n) is 9.24. The van der Waals surface area contributed by atoms with Gasteiger partial charge in [0.05, 0.1) is 19.8 Å². The highest BCUT2D eigenvalue weighted by atomic mass is 16.5. The summed E-state index contributed by atoms with van der Waals surface area (Å²) in [5.41, 5.74) is 0. The Balaban J connectivity index is 1.99. The van der Waals surface area contributed by atoms with Crippen LogP contribution in [-0.2, 0) is 4.74 Å². The van der Waals surface area contributed by atoms with Crippen LogP contribution in [0.1, 0.15) is 26.2 Å². The summed E-state index contributed by atoms with van der Waals surface area (Å²) in [5.74, 6) is 0.938. The molecule has 0 amide bonds. The molecule has 0 saturated heterocycles. The summed E-state index contributed by atoms with van der Waals surface area (Å²) in [6.45, 7) is 6.91. The lowest BCUT2D eigenvalue weighted by atomic mass is 9.85. The normalized spacial score (nSPS) is 17.4. The largest absolute Gasteiger partial charge is 0.394 e. The van der Waals surface area contributed by atoms with Crippen molar-refractivity contribution in [1.82, 2.24) is 4.90 Å². The van der Waals surface area contributed by atoms with Gasteiger partial charge in [-0.3, -0.25) is 0 Å². The molecular formula is C11H23NO2. The fraction of sp³-hybridized carbons (Fsp3) is 1.00. The van der Waals surface area contributed by atoms with Crippen LogP contribution in [0.5, 0.6) is 0 Å². The molecule has 0 spiro atoms. The minimum Gasteiger partial charge on any atom is -0.394 e. The predicted octanol–water partition coefficient (Wildman–Crippen LogP) is 1.12. The number of aliphatic hydroxyl groups excluding tert-OH is 1. The number of hydrogen-bond donors (Lipinski definition) is 1. The van der Waals surface area contributed by atoms with E-state index in [0.717, 1.165) is 25.6 Å². The minimum absolute atomic E-state index is 0.134. The number of hydrogen-bond acceptors (Lipinski definition) is 3. The third kappa shape index (κ3) is 4.40. The van der Waals surface area contributed by atoms with Crippen LogP contribution in [0.4, 0.5) is 0 Å². The van der Waals surface area contributed by atoms with Gasteiger partial charge in [0.1, 0.15) is 0 Å². The molecule has 0 aromatic rings. The van der Waals surface area contributed by atoms with E-state index in [1.807, 2.05) is 0 Å². The molecule has 0 radical (unpaired) electrons. The molecule has 0 atom stereocenters. The monoisotopic (exact) mass is 201 g/mol. The molecular weight excluding hydrogens is 178 g/mol. The fourth-order valence-corrected chi connectivity index (χ4v) is 1.78. The lowest BCUT2D eigenvalue weighted by molar-refractivity contribution is 0.0672. The van der Waals surface area contributed by atoms with Gasteiger partial charge in [-0.05, 0) is 25.3 Å². The van der Waals surface area contributed by atoms with Crippen LogP contribution in [0.15, 0.2) is 0 Å². The number of rotatable bonds is 8. The number of nitrogens with zero attached hydrogens (tertiary/aromatic N) is 1. The van der Waals surface area contributed by atoms with Crippen molar-refractivity contribution in [3.8, 4) is 0 Å². The van der Waals surface area contributed by atoms with E-state index < -0.39 is 0 Å². The average molecular weight is 201 g/mol. The molecule has 14 heavy (non-hydrogen) atoms. The Morgan fingerprint density at radius 1 is 1.36 bits per heavy atom. The van der Waals surface area contributed by atoms with Crippen molar-refractivity contribution in [1.29, 1.82) is 0 Å². The van der Waals surface area contributed by atoms with E-state index in [1.165, 1.54) is 25.8 Å². The van der Waals surface area contributed by atoms with Gasteiger partial charge in [-0.15, -0.1) is 0 Å². The molecule has 0 heterocycles. The van der Waals surface area contributed by atoms with Gasteiger partial charge < -0.3 is 14.7 Å². The number of ether oxygens (including phenoxy) is 1. The lowest BCUT2D eigenvalue weighted by Gasteiger charge is -2.31. The maximum absolute atomic E-state index is 8.54. The van der Waals surface area contributed by atoms with Crippen molar-refractivity contribution < 1.29 is 9.84 Å². The van der Waals surface area contributed by atoms with Crippen molar-refractivity contribution in [2.45, 2.75) is 26.2 Å². The van der Waals surface area contributed by atoms with Crippen LogP contribution in [0.2, 0.25) is 0 Å². The van der Waals surface area contributed by atoms with Crippen LogP contribution in [0.25, 0.3) is 0 Å². The number of likely N-dealkylation sites (N-methyl/N-ethyl adjacent to an activating group) is 1. The van der Waals surface area contributed by atoms with Crippen LogP contribution >= 0.6 is 0 Å². The fourth-order valence-electron chi connectivity index (χ4n) is 1.78. The average Bonchev–Trinajstić information content (AvgIpc) is 2.14. The van der Waals surface area contributed by atoms with Crippen LogP contribution < -0.4 is 0 Å². The van der Waals surface area contributed by atoms with Gasteiger partial charge in [-0.2, -0.15) is 0 Å². The van der Waals surface area contributed by atoms with E-state index in [1.54, 1.807) is 0 Å². The maximum atomic E-state index is 8.54. The standard InChI is InChI=1S/C11H23NO2/c1-2-12(6-8-14-9-7-13)10-11-4-3-5-11/h11,13H,2-10H2,1H3. The van der Waals surface area contributed by atoms with E-state index in [4.69, 9.17) is 9.84 Å². The van der Waals surface area contributed by atoms with Crippen molar-refractivity contribution in [2.75, 3.05) is 39.5 Å². The summed E-state index contributed by atoms with van der Waals surface area (Å²) < 4.78 is 5.26. The molecule has 0 bridgehead atoms. The third-order valence-electron chi connectivity index (χ3n) is 2.98. The minimum atomic E-state index is 0.134. The van der Waals surface area contributed by atoms with Crippen molar-refractivity contribution >= 4 is 0 Å². The van der Waals surface area contributed by atoms with Gasteiger partial charge >= 0.3 is 0 Å². The maximum Gasteiger partial charge on any atom is 0.0698 e. The van der Waals surface area contributed by atoms with Gasteiger partial charge in [-0.25, -0.2) is 0 Å². The Bertz CT molecular complexity index is 137. The van der Waals surface area contributed by atoms with E-state index in [0.29, 0.717) is 6.61 Å². The van der Waals surface area contributed by atoms with Gasteiger partial charge in [0, 0.05) is 13.1 Å². The highest BCUT2D eigenvalue weighted by Crippen LogP contribution is 2.26. The van der Waals surface area contributed by atoms with E-state index in [9.17, 15) is 0 Å². The summed E-state index contributed by atoms with van der Waals surface area (Å²) in [4.78, 5) is 2.45. The first-order valence-electron chi connectivity index (χ1n) is 5.77.